The van der Waals surface area contributed by atoms with Crippen LogP contribution >= 0.6 is 0 Å². The van der Waals surface area contributed by atoms with E-state index in [0.29, 0.717) is 18.7 Å². The van der Waals surface area contributed by atoms with Crippen LogP contribution < -0.4 is 16.4 Å². The summed E-state index contributed by atoms with van der Waals surface area (Å²) in [5, 5.41) is 6.10. The molecule has 1 aromatic carbocycles. The molecule has 0 radical (unpaired) electrons. The van der Waals surface area contributed by atoms with Crippen molar-refractivity contribution in [3.63, 3.8) is 0 Å². The third-order valence-corrected chi connectivity index (χ3v) is 3.36. The summed E-state index contributed by atoms with van der Waals surface area (Å²) in [4.78, 5) is 15.6. The van der Waals surface area contributed by atoms with Crippen LogP contribution in [0.4, 0.5) is 17.1 Å². The number of aromatic nitrogens is 1. The highest BCUT2D eigenvalue weighted by atomic mass is 16.1. The molecule has 0 bridgehead atoms. The second-order valence-corrected chi connectivity index (χ2v) is 4.98. The summed E-state index contributed by atoms with van der Waals surface area (Å²) < 4.78 is 0. The van der Waals surface area contributed by atoms with Gasteiger partial charge in [0.1, 0.15) is 0 Å². The van der Waals surface area contributed by atoms with Gasteiger partial charge in [0.25, 0.3) is 0 Å². The summed E-state index contributed by atoms with van der Waals surface area (Å²) >= 11 is 0. The van der Waals surface area contributed by atoms with Crippen LogP contribution in [0.5, 0.6) is 0 Å². The molecule has 3 rings (SSSR count). The van der Waals surface area contributed by atoms with Gasteiger partial charge in [-0.2, -0.15) is 0 Å². The smallest absolute Gasteiger partial charge is 0.228 e. The van der Waals surface area contributed by atoms with Crippen LogP contribution in [-0.2, 0) is 17.8 Å². The maximum absolute atomic E-state index is 11.4. The van der Waals surface area contributed by atoms with Crippen molar-refractivity contribution in [1.29, 1.82) is 0 Å². The zero-order valence-electron chi connectivity index (χ0n) is 11.2. The molecule has 1 aromatic heterocycles. The molecule has 2 heterocycles. The zero-order valence-corrected chi connectivity index (χ0v) is 11.2. The molecule has 0 unspecified atom stereocenters. The summed E-state index contributed by atoms with van der Waals surface area (Å²) in [6, 6.07) is 7.74. The molecule has 1 aliphatic rings. The maximum atomic E-state index is 11.4. The van der Waals surface area contributed by atoms with E-state index in [1.807, 2.05) is 37.4 Å². The van der Waals surface area contributed by atoms with Crippen LogP contribution in [0.1, 0.15) is 16.8 Å². The lowest BCUT2D eigenvalue weighted by molar-refractivity contribution is -0.115. The molecule has 2 aromatic rings. The summed E-state index contributed by atoms with van der Waals surface area (Å²) in [5.74, 6) is 0.0132. The van der Waals surface area contributed by atoms with Gasteiger partial charge >= 0.3 is 0 Å². The average Bonchev–Trinajstić information content (AvgIpc) is 2.77. The van der Waals surface area contributed by atoms with Crippen LogP contribution in [0.15, 0.2) is 30.5 Å². The minimum Gasteiger partial charge on any atom is -0.397 e. The fraction of sp³-hybridized carbons (Fsp3) is 0.200. The van der Waals surface area contributed by atoms with Gasteiger partial charge in [-0.15, -0.1) is 0 Å². The van der Waals surface area contributed by atoms with Gasteiger partial charge in [0.15, 0.2) is 0 Å². The normalized spacial score (nSPS) is 12.9. The first-order valence-corrected chi connectivity index (χ1v) is 6.49. The summed E-state index contributed by atoms with van der Waals surface area (Å²) in [5.41, 5.74) is 11.4. The molecule has 0 spiro atoms. The molecule has 1 aliphatic heterocycles. The number of nitrogens with one attached hydrogen (secondary N) is 2. The van der Waals surface area contributed by atoms with Crippen molar-refractivity contribution in [3.05, 3.63) is 47.3 Å². The Morgan fingerprint density at radius 1 is 1.40 bits per heavy atom. The Kier molecular flexibility index (Phi) is 3.02. The van der Waals surface area contributed by atoms with Crippen LogP contribution in [-0.4, -0.2) is 10.9 Å². The Bertz CT molecular complexity index is 664. The van der Waals surface area contributed by atoms with E-state index in [9.17, 15) is 4.79 Å². The molecule has 1 amide bonds. The Balaban J connectivity index is 1.76. The minimum atomic E-state index is 0.0132. The standard InChI is InChI=1S/C15H16N4O/c1-9-2-3-10(7-17-9)8-18-14-6-13-11(4-12(14)16)5-15(20)19-13/h2-4,6-7,18H,5,8,16H2,1H3,(H,19,20). The van der Waals surface area contributed by atoms with Gasteiger partial charge in [-0.3, -0.25) is 9.78 Å². The van der Waals surface area contributed by atoms with E-state index < -0.39 is 0 Å². The zero-order chi connectivity index (χ0) is 14.1. The van der Waals surface area contributed by atoms with Gasteiger partial charge in [0.2, 0.25) is 5.91 Å². The summed E-state index contributed by atoms with van der Waals surface area (Å²) in [6.07, 6.45) is 2.25. The number of carbonyl (C=O) groups excluding carboxylic acids is 1. The van der Waals surface area contributed by atoms with Crippen molar-refractivity contribution in [3.8, 4) is 0 Å². The lowest BCUT2D eigenvalue weighted by Crippen LogP contribution is -2.05. The average molecular weight is 268 g/mol. The predicted molar refractivity (Wildman–Crippen MR) is 79.5 cm³/mol. The molecule has 5 heteroatoms. The van der Waals surface area contributed by atoms with Crippen molar-refractivity contribution in [1.82, 2.24) is 4.98 Å². The first-order chi connectivity index (χ1) is 9.61. The fourth-order valence-corrected chi connectivity index (χ4v) is 2.25. The number of nitrogens with zero attached hydrogens (tertiary/aromatic N) is 1. The number of anilines is 3. The summed E-state index contributed by atoms with van der Waals surface area (Å²) in [6.45, 7) is 2.60. The predicted octanol–water partition coefficient (Wildman–Crippen LogP) is 2.08. The Labute approximate surface area is 117 Å². The van der Waals surface area contributed by atoms with Crippen molar-refractivity contribution >= 4 is 23.0 Å². The first kappa shape index (κ1) is 12.5. The molecule has 0 fully saturated rings. The van der Waals surface area contributed by atoms with Crippen molar-refractivity contribution in [2.75, 3.05) is 16.4 Å². The van der Waals surface area contributed by atoms with Crippen molar-refractivity contribution < 1.29 is 4.79 Å². The third-order valence-electron chi connectivity index (χ3n) is 3.36. The number of benzene rings is 1. The van der Waals surface area contributed by atoms with Gasteiger partial charge in [-0.1, -0.05) is 6.07 Å². The van der Waals surface area contributed by atoms with Gasteiger partial charge in [-0.05, 0) is 36.2 Å². The third kappa shape index (κ3) is 2.42. The monoisotopic (exact) mass is 268 g/mol. The second-order valence-electron chi connectivity index (χ2n) is 4.98. The quantitative estimate of drug-likeness (QED) is 0.745. The van der Waals surface area contributed by atoms with E-state index in [-0.39, 0.29) is 5.91 Å². The van der Waals surface area contributed by atoms with Crippen LogP contribution in [0.25, 0.3) is 0 Å². The Hall–Kier alpha value is -2.56. The van der Waals surface area contributed by atoms with Crippen molar-refractivity contribution in [2.45, 2.75) is 19.9 Å². The van der Waals surface area contributed by atoms with Gasteiger partial charge < -0.3 is 16.4 Å². The number of nitrogens with two attached hydrogens (primary N) is 1. The number of nitrogen functional groups attached to an aromatic ring is 1. The number of hydrogen-bond donors (Lipinski definition) is 3. The number of aryl methyl sites for hydroxylation is 1. The number of carbonyl (C=O) groups is 1. The van der Waals surface area contributed by atoms with E-state index in [2.05, 4.69) is 15.6 Å². The molecular formula is C15H16N4O. The van der Waals surface area contributed by atoms with E-state index >= 15 is 0 Å². The molecule has 0 saturated heterocycles. The van der Waals surface area contributed by atoms with E-state index in [0.717, 1.165) is 28.2 Å². The highest BCUT2D eigenvalue weighted by Crippen LogP contribution is 2.31. The van der Waals surface area contributed by atoms with Crippen molar-refractivity contribution in [2.24, 2.45) is 0 Å². The number of fused-ring (bicyclic) bond motifs is 1. The summed E-state index contributed by atoms with van der Waals surface area (Å²) in [7, 11) is 0. The number of pyridine rings is 1. The number of hydrogen-bond acceptors (Lipinski definition) is 4. The van der Waals surface area contributed by atoms with Crippen LogP contribution in [0.2, 0.25) is 0 Å². The SMILES string of the molecule is Cc1ccc(CNc2cc3c(cc2N)CC(=O)N3)cn1. The number of rotatable bonds is 3. The Morgan fingerprint density at radius 3 is 3.00 bits per heavy atom. The molecule has 0 aliphatic carbocycles. The molecule has 4 N–H and O–H groups in total. The van der Waals surface area contributed by atoms with Gasteiger partial charge in [-0.25, -0.2) is 0 Å². The Morgan fingerprint density at radius 2 is 2.25 bits per heavy atom. The van der Waals surface area contributed by atoms with Crippen LogP contribution in [0, 0.1) is 6.92 Å². The first-order valence-electron chi connectivity index (χ1n) is 6.49. The fourth-order valence-electron chi connectivity index (χ4n) is 2.25. The highest BCUT2D eigenvalue weighted by molar-refractivity contribution is 6.00. The molecular weight excluding hydrogens is 252 g/mol. The number of amides is 1. The molecule has 0 atom stereocenters. The molecule has 20 heavy (non-hydrogen) atoms. The molecule has 102 valence electrons. The molecule has 0 saturated carbocycles. The second kappa shape index (κ2) is 4.85. The minimum absolute atomic E-state index is 0.0132. The van der Waals surface area contributed by atoms with Gasteiger partial charge in [0.05, 0.1) is 17.8 Å². The van der Waals surface area contributed by atoms with E-state index in [4.69, 9.17) is 5.73 Å². The largest absolute Gasteiger partial charge is 0.397 e. The van der Waals surface area contributed by atoms with Crippen LogP contribution in [0.3, 0.4) is 0 Å². The highest BCUT2D eigenvalue weighted by Gasteiger charge is 2.19. The van der Waals surface area contributed by atoms with Gasteiger partial charge in [0, 0.05) is 24.1 Å². The maximum Gasteiger partial charge on any atom is 0.228 e. The molecule has 5 nitrogen and oxygen atoms in total. The van der Waals surface area contributed by atoms with E-state index in [1.54, 1.807) is 0 Å². The topological polar surface area (TPSA) is 80.0 Å². The van der Waals surface area contributed by atoms with E-state index in [1.165, 1.54) is 0 Å². The lowest BCUT2D eigenvalue weighted by atomic mass is 10.1. The lowest BCUT2D eigenvalue weighted by Gasteiger charge is -2.11.